The molecule has 0 bridgehead atoms. The smallest absolute Gasteiger partial charge is 0.336 e. The van der Waals surface area contributed by atoms with E-state index >= 15 is 0 Å². The van der Waals surface area contributed by atoms with Gasteiger partial charge in [0.25, 0.3) is 5.91 Å². The summed E-state index contributed by atoms with van der Waals surface area (Å²) < 4.78 is 5.07. The molecule has 0 aliphatic carbocycles. The number of carbonyl (C=O) groups excluding carboxylic acids is 2. The number of ether oxygens (including phenoxy) is 1. The number of carbonyl (C=O) groups is 3. The number of benzene rings is 2. The van der Waals surface area contributed by atoms with Crippen molar-refractivity contribution < 1.29 is 24.2 Å². The molecule has 0 saturated heterocycles. The molecule has 0 aliphatic rings. The Hall–Kier alpha value is -3.35. The van der Waals surface area contributed by atoms with Crippen LogP contribution in [0.5, 0.6) is 5.75 Å². The normalized spacial score (nSPS) is 10.1. The summed E-state index contributed by atoms with van der Waals surface area (Å²) >= 11 is 0. The number of carboxylic acid groups (broad SMARTS) is 1. The maximum Gasteiger partial charge on any atom is 0.336 e. The van der Waals surface area contributed by atoms with Crippen molar-refractivity contribution in [3.8, 4) is 16.9 Å². The van der Waals surface area contributed by atoms with Gasteiger partial charge in [0.05, 0.1) is 19.2 Å². The Balaban J connectivity index is 2.28. The molecule has 0 aliphatic heterocycles. The van der Waals surface area contributed by atoms with E-state index in [0.29, 0.717) is 29.0 Å². The molecular weight excluding hydrogens is 336 g/mol. The molecule has 2 aromatic carbocycles. The predicted molar refractivity (Wildman–Crippen MR) is 96.4 cm³/mol. The van der Waals surface area contributed by atoms with Crippen LogP contribution in [0.15, 0.2) is 42.5 Å². The Kier molecular flexibility index (Phi) is 6.32. The standard InChI is InChI=1S/C19H20N2O5/c1-3-20-17(22)11-21-18(23)13-6-4-5-12(9-13)15-8-7-14(26-2)10-16(15)19(24)25/h4-10H,3,11H2,1-2H3,(H,20,22)(H,21,23)(H,24,25). The number of carboxylic acids is 1. The van der Waals surface area contributed by atoms with Crippen LogP contribution in [0, 0.1) is 0 Å². The minimum absolute atomic E-state index is 0.0734. The van der Waals surface area contributed by atoms with E-state index in [1.54, 1.807) is 43.3 Å². The first-order valence-corrected chi connectivity index (χ1v) is 8.03. The molecule has 0 unspecified atom stereocenters. The Morgan fingerprint density at radius 3 is 2.50 bits per heavy atom. The fourth-order valence-electron chi connectivity index (χ4n) is 2.43. The average molecular weight is 356 g/mol. The van der Waals surface area contributed by atoms with Crippen LogP contribution in [0.3, 0.4) is 0 Å². The van der Waals surface area contributed by atoms with Crippen LogP contribution in [0.25, 0.3) is 11.1 Å². The largest absolute Gasteiger partial charge is 0.497 e. The summed E-state index contributed by atoms with van der Waals surface area (Å²) in [5, 5.41) is 14.6. The minimum Gasteiger partial charge on any atom is -0.497 e. The van der Waals surface area contributed by atoms with Crippen LogP contribution >= 0.6 is 0 Å². The van der Waals surface area contributed by atoms with Crippen molar-refractivity contribution in [3.05, 3.63) is 53.6 Å². The highest BCUT2D eigenvalue weighted by molar-refractivity contribution is 6.00. The van der Waals surface area contributed by atoms with Crippen LogP contribution < -0.4 is 15.4 Å². The van der Waals surface area contributed by atoms with E-state index in [2.05, 4.69) is 10.6 Å². The van der Waals surface area contributed by atoms with E-state index in [9.17, 15) is 19.5 Å². The van der Waals surface area contributed by atoms with Gasteiger partial charge in [0.15, 0.2) is 0 Å². The molecule has 0 heterocycles. The van der Waals surface area contributed by atoms with Crippen molar-refractivity contribution in [1.82, 2.24) is 10.6 Å². The first kappa shape index (κ1) is 19.0. The summed E-state index contributed by atoms with van der Waals surface area (Å²) in [6.45, 7) is 2.15. The molecule has 3 N–H and O–H groups in total. The van der Waals surface area contributed by atoms with Crippen LogP contribution in [0.4, 0.5) is 0 Å². The van der Waals surface area contributed by atoms with E-state index in [0.717, 1.165) is 0 Å². The third kappa shape index (κ3) is 4.60. The van der Waals surface area contributed by atoms with Crippen molar-refractivity contribution in [2.45, 2.75) is 6.92 Å². The molecule has 0 saturated carbocycles. The number of likely N-dealkylation sites (N-methyl/N-ethyl adjacent to an activating group) is 1. The number of aromatic carboxylic acids is 1. The second kappa shape index (κ2) is 8.66. The summed E-state index contributed by atoms with van der Waals surface area (Å²) in [6, 6.07) is 11.3. The highest BCUT2D eigenvalue weighted by Gasteiger charge is 2.15. The molecule has 0 atom stereocenters. The predicted octanol–water partition coefficient (Wildman–Crippen LogP) is 1.93. The molecule has 7 heteroatoms. The fraction of sp³-hybridized carbons (Fsp3) is 0.211. The van der Waals surface area contributed by atoms with Gasteiger partial charge in [-0.15, -0.1) is 0 Å². The third-order valence-corrected chi connectivity index (χ3v) is 3.68. The van der Waals surface area contributed by atoms with Crippen molar-refractivity contribution >= 4 is 17.8 Å². The summed E-state index contributed by atoms with van der Waals surface area (Å²) in [5.41, 5.74) is 1.45. The molecule has 26 heavy (non-hydrogen) atoms. The average Bonchev–Trinajstić information content (AvgIpc) is 2.65. The van der Waals surface area contributed by atoms with Gasteiger partial charge in [-0.3, -0.25) is 9.59 Å². The lowest BCUT2D eigenvalue weighted by Crippen LogP contribution is -2.36. The molecule has 2 aromatic rings. The van der Waals surface area contributed by atoms with Crippen molar-refractivity contribution in [3.63, 3.8) is 0 Å². The zero-order chi connectivity index (χ0) is 19.1. The third-order valence-electron chi connectivity index (χ3n) is 3.68. The van der Waals surface area contributed by atoms with Gasteiger partial charge in [-0.05, 0) is 48.4 Å². The number of hydrogen-bond donors (Lipinski definition) is 3. The summed E-state index contributed by atoms with van der Waals surface area (Å²) in [7, 11) is 1.46. The fourth-order valence-corrected chi connectivity index (χ4v) is 2.43. The zero-order valence-corrected chi connectivity index (χ0v) is 14.5. The molecule has 0 aromatic heterocycles. The van der Waals surface area contributed by atoms with Gasteiger partial charge in [-0.2, -0.15) is 0 Å². The molecule has 2 rings (SSSR count). The lowest BCUT2D eigenvalue weighted by Gasteiger charge is -2.10. The van der Waals surface area contributed by atoms with Crippen LogP contribution in [-0.2, 0) is 4.79 Å². The molecule has 0 fully saturated rings. The zero-order valence-electron chi connectivity index (χ0n) is 14.5. The van der Waals surface area contributed by atoms with Crippen LogP contribution in [0.2, 0.25) is 0 Å². The summed E-state index contributed by atoms with van der Waals surface area (Å²) in [6.07, 6.45) is 0. The highest BCUT2D eigenvalue weighted by atomic mass is 16.5. The van der Waals surface area contributed by atoms with E-state index in [-0.39, 0.29) is 18.0 Å². The van der Waals surface area contributed by atoms with Gasteiger partial charge >= 0.3 is 5.97 Å². The second-order valence-electron chi connectivity index (χ2n) is 5.43. The molecule has 7 nitrogen and oxygen atoms in total. The van der Waals surface area contributed by atoms with Gasteiger partial charge in [-0.25, -0.2) is 4.79 Å². The van der Waals surface area contributed by atoms with E-state index in [1.807, 2.05) is 0 Å². The number of hydrogen-bond acceptors (Lipinski definition) is 4. The van der Waals surface area contributed by atoms with E-state index in [4.69, 9.17) is 4.74 Å². The molecule has 136 valence electrons. The Morgan fingerprint density at radius 1 is 1.08 bits per heavy atom. The Bertz CT molecular complexity index is 832. The van der Waals surface area contributed by atoms with Gasteiger partial charge in [0.1, 0.15) is 5.75 Å². The first-order chi connectivity index (χ1) is 12.5. The number of amides is 2. The SMILES string of the molecule is CCNC(=O)CNC(=O)c1cccc(-c2ccc(OC)cc2C(=O)O)c1. The first-order valence-electron chi connectivity index (χ1n) is 8.03. The minimum atomic E-state index is -1.09. The number of rotatable bonds is 7. The van der Waals surface area contributed by atoms with E-state index in [1.165, 1.54) is 13.2 Å². The quantitative estimate of drug-likeness (QED) is 0.703. The van der Waals surface area contributed by atoms with Gasteiger partial charge in [0, 0.05) is 12.1 Å². The molecule has 0 radical (unpaired) electrons. The van der Waals surface area contributed by atoms with Crippen LogP contribution in [0.1, 0.15) is 27.6 Å². The maximum atomic E-state index is 12.2. The van der Waals surface area contributed by atoms with Crippen molar-refractivity contribution in [2.75, 3.05) is 20.2 Å². The van der Waals surface area contributed by atoms with Crippen LogP contribution in [-0.4, -0.2) is 43.1 Å². The summed E-state index contributed by atoms with van der Waals surface area (Å²) in [4.78, 5) is 35.2. The van der Waals surface area contributed by atoms with E-state index < -0.39 is 11.9 Å². The van der Waals surface area contributed by atoms with Crippen molar-refractivity contribution in [2.24, 2.45) is 0 Å². The Labute approximate surface area is 151 Å². The topological polar surface area (TPSA) is 105 Å². The van der Waals surface area contributed by atoms with Gasteiger partial charge in [-0.1, -0.05) is 12.1 Å². The highest BCUT2D eigenvalue weighted by Crippen LogP contribution is 2.28. The summed E-state index contributed by atoms with van der Waals surface area (Å²) in [5.74, 6) is -1.35. The van der Waals surface area contributed by atoms with Gasteiger partial charge in [0.2, 0.25) is 5.91 Å². The maximum absolute atomic E-state index is 12.2. The number of methoxy groups -OCH3 is 1. The monoisotopic (exact) mass is 356 g/mol. The van der Waals surface area contributed by atoms with Gasteiger partial charge < -0.3 is 20.5 Å². The molecule has 2 amide bonds. The lowest BCUT2D eigenvalue weighted by molar-refractivity contribution is -0.120. The molecule has 0 spiro atoms. The Morgan fingerprint density at radius 2 is 1.85 bits per heavy atom. The van der Waals surface area contributed by atoms with Crippen molar-refractivity contribution in [1.29, 1.82) is 0 Å². The molecular formula is C19H20N2O5. The lowest BCUT2D eigenvalue weighted by atomic mass is 9.97. The second-order valence-corrected chi connectivity index (χ2v) is 5.43. The number of nitrogens with one attached hydrogen (secondary N) is 2.